The minimum atomic E-state index is -0.0830. The maximum absolute atomic E-state index is 12.7. The summed E-state index contributed by atoms with van der Waals surface area (Å²) >= 11 is 0. The van der Waals surface area contributed by atoms with Gasteiger partial charge in [0.25, 0.3) is 11.8 Å². The number of nitrogens with zero attached hydrogens (tertiary/aromatic N) is 3. The van der Waals surface area contributed by atoms with Crippen molar-refractivity contribution in [3.8, 4) is 0 Å². The van der Waals surface area contributed by atoms with Gasteiger partial charge in [0.1, 0.15) is 5.69 Å². The van der Waals surface area contributed by atoms with Gasteiger partial charge in [-0.15, -0.1) is 0 Å². The van der Waals surface area contributed by atoms with Gasteiger partial charge in [-0.25, -0.2) is 0 Å². The molecule has 0 N–H and O–H groups in total. The van der Waals surface area contributed by atoms with Crippen molar-refractivity contribution >= 4 is 11.8 Å². The smallest absolute Gasteiger partial charge is 0.272 e. The summed E-state index contributed by atoms with van der Waals surface area (Å²) in [6.07, 6.45) is 5.62. The predicted molar refractivity (Wildman–Crippen MR) is 95.0 cm³/mol. The lowest BCUT2D eigenvalue weighted by Crippen LogP contribution is -2.39. The molecule has 0 aromatic carbocycles. The van der Waals surface area contributed by atoms with Crippen LogP contribution in [0.1, 0.15) is 67.3 Å². The molecular weight excluding hydrogens is 302 g/mol. The standard InChI is InChI=1S/C19H29N3O2/c1-4-10-21(11-5-2)19(24)17-13-16(8-9-20-17)18(23)22-12-6-7-15(3)14-22/h8-9,13,15H,4-7,10-12,14H2,1-3H3. The lowest BCUT2D eigenvalue weighted by Gasteiger charge is -2.31. The van der Waals surface area contributed by atoms with Crippen molar-refractivity contribution in [3.63, 3.8) is 0 Å². The van der Waals surface area contributed by atoms with Crippen LogP contribution in [0.15, 0.2) is 18.3 Å². The van der Waals surface area contributed by atoms with Gasteiger partial charge in [-0.05, 0) is 43.7 Å². The second-order valence-corrected chi connectivity index (χ2v) is 6.72. The molecule has 1 saturated heterocycles. The average Bonchev–Trinajstić information content (AvgIpc) is 2.60. The van der Waals surface area contributed by atoms with Crippen LogP contribution >= 0.6 is 0 Å². The third kappa shape index (κ3) is 4.56. The molecule has 1 aliphatic heterocycles. The normalized spacial score (nSPS) is 17.6. The van der Waals surface area contributed by atoms with Crippen LogP contribution in [0.2, 0.25) is 0 Å². The number of piperidine rings is 1. The molecule has 132 valence electrons. The maximum atomic E-state index is 12.7. The largest absolute Gasteiger partial charge is 0.338 e. The van der Waals surface area contributed by atoms with Crippen LogP contribution in [0.3, 0.4) is 0 Å². The second-order valence-electron chi connectivity index (χ2n) is 6.72. The molecule has 5 heteroatoms. The highest BCUT2D eigenvalue weighted by Crippen LogP contribution is 2.18. The monoisotopic (exact) mass is 331 g/mol. The van der Waals surface area contributed by atoms with Gasteiger partial charge in [0, 0.05) is 37.9 Å². The molecule has 2 rings (SSSR count). The number of carbonyl (C=O) groups excluding carboxylic acids is 2. The van der Waals surface area contributed by atoms with Gasteiger partial charge in [-0.1, -0.05) is 20.8 Å². The Balaban J connectivity index is 2.15. The van der Waals surface area contributed by atoms with Gasteiger partial charge in [0.15, 0.2) is 0 Å². The summed E-state index contributed by atoms with van der Waals surface area (Å²) in [4.78, 5) is 33.3. The highest BCUT2D eigenvalue weighted by molar-refractivity contribution is 5.98. The SMILES string of the molecule is CCCN(CCC)C(=O)c1cc(C(=O)N2CCCC(C)C2)ccn1. The van der Waals surface area contributed by atoms with E-state index in [1.807, 2.05) is 9.80 Å². The quantitative estimate of drug-likeness (QED) is 0.804. The Morgan fingerprint density at radius 1 is 1.29 bits per heavy atom. The molecule has 2 amide bonds. The zero-order chi connectivity index (χ0) is 17.5. The van der Waals surface area contributed by atoms with E-state index in [0.29, 0.717) is 17.2 Å². The number of rotatable bonds is 6. The van der Waals surface area contributed by atoms with Crippen LogP contribution in [0.4, 0.5) is 0 Å². The first-order valence-electron chi connectivity index (χ1n) is 9.11. The zero-order valence-corrected chi connectivity index (χ0v) is 15.1. The fourth-order valence-electron chi connectivity index (χ4n) is 3.25. The van der Waals surface area contributed by atoms with Crippen molar-refractivity contribution < 1.29 is 9.59 Å². The molecule has 5 nitrogen and oxygen atoms in total. The summed E-state index contributed by atoms with van der Waals surface area (Å²) in [5.41, 5.74) is 0.934. The van der Waals surface area contributed by atoms with Gasteiger partial charge in [-0.2, -0.15) is 0 Å². The Morgan fingerprint density at radius 2 is 2.00 bits per heavy atom. The average molecular weight is 331 g/mol. The van der Waals surface area contributed by atoms with E-state index in [2.05, 4.69) is 25.8 Å². The number of aromatic nitrogens is 1. The van der Waals surface area contributed by atoms with Crippen molar-refractivity contribution in [1.82, 2.24) is 14.8 Å². The van der Waals surface area contributed by atoms with Crippen LogP contribution in [-0.4, -0.2) is 52.8 Å². The van der Waals surface area contributed by atoms with E-state index in [9.17, 15) is 9.59 Å². The molecule has 1 aromatic heterocycles. The fraction of sp³-hybridized carbons (Fsp3) is 0.632. The van der Waals surface area contributed by atoms with E-state index < -0.39 is 0 Å². The number of amides is 2. The number of pyridine rings is 1. The zero-order valence-electron chi connectivity index (χ0n) is 15.1. The molecule has 1 unspecified atom stereocenters. The van der Waals surface area contributed by atoms with E-state index in [1.54, 1.807) is 18.3 Å². The summed E-state index contributed by atoms with van der Waals surface area (Å²) in [5, 5.41) is 0. The molecule has 1 aliphatic rings. The lowest BCUT2D eigenvalue weighted by atomic mass is 9.99. The molecule has 1 aromatic rings. The molecular formula is C19H29N3O2. The lowest BCUT2D eigenvalue weighted by molar-refractivity contribution is 0.0683. The number of carbonyl (C=O) groups is 2. The minimum Gasteiger partial charge on any atom is -0.338 e. The van der Waals surface area contributed by atoms with E-state index in [0.717, 1.165) is 45.4 Å². The number of hydrogen-bond donors (Lipinski definition) is 0. The van der Waals surface area contributed by atoms with Crippen molar-refractivity contribution in [2.24, 2.45) is 5.92 Å². The Labute approximate surface area is 145 Å². The second kappa shape index (κ2) is 8.81. The molecule has 0 radical (unpaired) electrons. The van der Waals surface area contributed by atoms with Crippen molar-refractivity contribution in [1.29, 1.82) is 0 Å². The van der Waals surface area contributed by atoms with Crippen molar-refractivity contribution in [2.75, 3.05) is 26.2 Å². The Kier molecular flexibility index (Phi) is 6.76. The van der Waals surface area contributed by atoms with Crippen LogP contribution in [0.5, 0.6) is 0 Å². The van der Waals surface area contributed by atoms with E-state index >= 15 is 0 Å². The summed E-state index contributed by atoms with van der Waals surface area (Å²) in [5.74, 6) is 0.464. The molecule has 0 aliphatic carbocycles. The number of hydrogen-bond acceptors (Lipinski definition) is 3. The van der Waals surface area contributed by atoms with Crippen molar-refractivity contribution in [2.45, 2.75) is 46.5 Å². The summed E-state index contributed by atoms with van der Waals surface area (Å²) in [6, 6.07) is 3.37. The molecule has 1 fully saturated rings. The Hall–Kier alpha value is -1.91. The highest BCUT2D eigenvalue weighted by Gasteiger charge is 2.23. The maximum Gasteiger partial charge on any atom is 0.272 e. The van der Waals surface area contributed by atoms with Crippen LogP contribution in [0, 0.1) is 5.92 Å². The minimum absolute atomic E-state index is 0.00975. The summed E-state index contributed by atoms with van der Waals surface area (Å²) in [6.45, 7) is 9.32. The molecule has 2 heterocycles. The van der Waals surface area contributed by atoms with Gasteiger partial charge in [0.05, 0.1) is 0 Å². The van der Waals surface area contributed by atoms with Gasteiger partial charge in [0.2, 0.25) is 0 Å². The molecule has 0 saturated carbocycles. The van der Waals surface area contributed by atoms with E-state index in [1.165, 1.54) is 6.42 Å². The summed E-state index contributed by atoms with van der Waals surface area (Å²) < 4.78 is 0. The van der Waals surface area contributed by atoms with Crippen molar-refractivity contribution in [3.05, 3.63) is 29.6 Å². The third-order valence-electron chi connectivity index (χ3n) is 4.44. The van der Waals surface area contributed by atoms with E-state index in [4.69, 9.17) is 0 Å². The van der Waals surface area contributed by atoms with Crippen LogP contribution < -0.4 is 0 Å². The topological polar surface area (TPSA) is 53.5 Å². The van der Waals surface area contributed by atoms with Crippen LogP contribution in [-0.2, 0) is 0 Å². The highest BCUT2D eigenvalue weighted by atomic mass is 16.2. The number of likely N-dealkylation sites (tertiary alicyclic amines) is 1. The molecule has 0 spiro atoms. The third-order valence-corrected chi connectivity index (χ3v) is 4.44. The Bertz CT molecular complexity index is 535. The Morgan fingerprint density at radius 3 is 2.62 bits per heavy atom. The van der Waals surface area contributed by atoms with E-state index in [-0.39, 0.29) is 11.8 Å². The summed E-state index contributed by atoms with van der Waals surface area (Å²) in [7, 11) is 0. The fourth-order valence-corrected chi connectivity index (χ4v) is 3.25. The van der Waals surface area contributed by atoms with Gasteiger partial charge in [-0.3, -0.25) is 14.6 Å². The first-order chi connectivity index (χ1) is 11.6. The first-order valence-corrected chi connectivity index (χ1v) is 9.11. The first kappa shape index (κ1) is 18.4. The predicted octanol–water partition coefficient (Wildman–Crippen LogP) is 3.22. The molecule has 0 bridgehead atoms. The molecule has 1 atom stereocenters. The van der Waals surface area contributed by atoms with Gasteiger partial charge >= 0.3 is 0 Å². The molecule has 24 heavy (non-hydrogen) atoms. The van der Waals surface area contributed by atoms with Gasteiger partial charge < -0.3 is 9.80 Å². The van der Waals surface area contributed by atoms with Crippen LogP contribution in [0.25, 0.3) is 0 Å².